The standard InChI is InChI=1S/C17H20N4O2/c1-5-10(2)18-17(22)12-9-13(14-7-6-8-23-14)19-16-15(12)11(3)20-21(16)4/h6-10H,5H2,1-4H3,(H,18,22)/t10-/m1/s1. The second-order valence-corrected chi connectivity index (χ2v) is 5.72. The van der Waals surface area contributed by atoms with Gasteiger partial charge in [0.1, 0.15) is 5.69 Å². The lowest BCUT2D eigenvalue weighted by Gasteiger charge is -2.12. The summed E-state index contributed by atoms with van der Waals surface area (Å²) in [5, 5.41) is 8.19. The predicted molar refractivity (Wildman–Crippen MR) is 88.2 cm³/mol. The molecule has 0 saturated carbocycles. The molecular weight excluding hydrogens is 292 g/mol. The van der Waals surface area contributed by atoms with Gasteiger partial charge in [0.2, 0.25) is 0 Å². The van der Waals surface area contributed by atoms with Crippen LogP contribution in [0, 0.1) is 6.92 Å². The molecule has 1 N–H and O–H groups in total. The number of rotatable bonds is 4. The minimum absolute atomic E-state index is 0.106. The minimum Gasteiger partial charge on any atom is -0.463 e. The number of nitrogens with one attached hydrogen (secondary N) is 1. The van der Waals surface area contributed by atoms with E-state index < -0.39 is 0 Å². The van der Waals surface area contributed by atoms with Crippen molar-refractivity contribution in [1.29, 1.82) is 0 Å². The lowest BCUT2D eigenvalue weighted by Crippen LogP contribution is -2.32. The van der Waals surface area contributed by atoms with Gasteiger partial charge in [-0.15, -0.1) is 0 Å². The molecule has 0 aliphatic carbocycles. The van der Waals surface area contributed by atoms with Crippen LogP contribution in [-0.4, -0.2) is 26.7 Å². The van der Waals surface area contributed by atoms with Crippen molar-refractivity contribution < 1.29 is 9.21 Å². The van der Waals surface area contributed by atoms with Gasteiger partial charge >= 0.3 is 0 Å². The summed E-state index contributed by atoms with van der Waals surface area (Å²) in [4.78, 5) is 17.3. The lowest BCUT2D eigenvalue weighted by atomic mass is 10.1. The average Bonchev–Trinajstić information content (AvgIpc) is 3.15. The summed E-state index contributed by atoms with van der Waals surface area (Å²) in [6, 6.07) is 5.50. The first-order valence-electron chi connectivity index (χ1n) is 7.70. The van der Waals surface area contributed by atoms with Crippen LogP contribution in [0.3, 0.4) is 0 Å². The molecule has 3 heterocycles. The molecule has 0 spiro atoms. The minimum atomic E-state index is -0.115. The van der Waals surface area contributed by atoms with Gasteiger partial charge in [0.15, 0.2) is 11.4 Å². The van der Waals surface area contributed by atoms with E-state index >= 15 is 0 Å². The van der Waals surface area contributed by atoms with Gasteiger partial charge in [-0.1, -0.05) is 6.92 Å². The number of carbonyl (C=O) groups is 1. The molecule has 0 aliphatic heterocycles. The van der Waals surface area contributed by atoms with Crippen LogP contribution in [-0.2, 0) is 7.05 Å². The van der Waals surface area contributed by atoms with E-state index in [1.165, 1.54) is 0 Å². The molecule has 0 saturated heterocycles. The van der Waals surface area contributed by atoms with Gasteiger partial charge in [0.05, 0.1) is 22.9 Å². The van der Waals surface area contributed by atoms with Gasteiger partial charge in [-0.2, -0.15) is 5.10 Å². The maximum Gasteiger partial charge on any atom is 0.252 e. The molecule has 0 fully saturated rings. The van der Waals surface area contributed by atoms with Crippen LogP contribution >= 0.6 is 0 Å². The van der Waals surface area contributed by atoms with Gasteiger partial charge in [-0.05, 0) is 38.5 Å². The summed E-state index contributed by atoms with van der Waals surface area (Å²) >= 11 is 0. The summed E-state index contributed by atoms with van der Waals surface area (Å²) in [7, 11) is 1.82. The third-order valence-electron chi connectivity index (χ3n) is 3.98. The highest BCUT2D eigenvalue weighted by atomic mass is 16.3. The fraction of sp³-hybridized carbons (Fsp3) is 0.353. The van der Waals surface area contributed by atoms with Gasteiger partial charge in [0, 0.05) is 13.1 Å². The predicted octanol–water partition coefficient (Wildman–Crippen LogP) is 3.07. The Balaban J connectivity index is 2.19. The van der Waals surface area contributed by atoms with Crippen LogP contribution in [0.15, 0.2) is 28.9 Å². The van der Waals surface area contributed by atoms with E-state index in [1.54, 1.807) is 23.1 Å². The molecule has 0 unspecified atom stereocenters. The highest BCUT2D eigenvalue weighted by Crippen LogP contribution is 2.27. The molecule has 3 rings (SSSR count). The van der Waals surface area contributed by atoms with E-state index in [1.807, 2.05) is 33.9 Å². The Morgan fingerprint density at radius 2 is 2.26 bits per heavy atom. The third kappa shape index (κ3) is 2.72. The van der Waals surface area contributed by atoms with Crippen molar-refractivity contribution in [2.24, 2.45) is 7.05 Å². The van der Waals surface area contributed by atoms with Crippen LogP contribution in [0.1, 0.15) is 36.3 Å². The number of aryl methyl sites for hydroxylation is 2. The number of fused-ring (bicyclic) bond motifs is 1. The Hall–Kier alpha value is -2.63. The van der Waals surface area contributed by atoms with Crippen LogP contribution in [0.4, 0.5) is 0 Å². The van der Waals surface area contributed by atoms with Gasteiger partial charge < -0.3 is 9.73 Å². The molecule has 0 radical (unpaired) electrons. The van der Waals surface area contributed by atoms with E-state index in [-0.39, 0.29) is 11.9 Å². The summed E-state index contributed by atoms with van der Waals surface area (Å²) in [6.07, 6.45) is 2.46. The smallest absolute Gasteiger partial charge is 0.252 e. The SMILES string of the molecule is CC[C@@H](C)NC(=O)c1cc(-c2ccco2)nc2c1c(C)nn2C. The second-order valence-electron chi connectivity index (χ2n) is 5.72. The fourth-order valence-electron chi connectivity index (χ4n) is 2.58. The Bertz CT molecular complexity index is 849. The highest BCUT2D eigenvalue weighted by Gasteiger charge is 2.20. The maximum atomic E-state index is 12.7. The van der Waals surface area contributed by atoms with E-state index in [9.17, 15) is 4.79 Å². The largest absolute Gasteiger partial charge is 0.463 e. The van der Waals surface area contributed by atoms with Crippen LogP contribution in [0.5, 0.6) is 0 Å². The molecule has 0 aliphatic rings. The molecule has 3 aromatic heterocycles. The first-order chi connectivity index (χ1) is 11.0. The van der Waals surface area contributed by atoms with Crippen LogP contribution in [0.25, 0.3) is 22.5 Å². The van der Waals surface area contributed by atoms with Crippen molar-refractivity contribution >= 4 is 16.9 Å². The molecule has 1 amide bonds. The second kappa shape index (κ2) is 5.87. The number of pyridine rings is 1. The summed E-state index contributed by atoms with van der Waals surface area (Å²) in [5.41, 5.74) is 2.66. The van der Waals surface area contributed by atoms with Crippen LogP contribution in [0.2, 0.25) is 0 Å². The molecule has 1 atom stereocenters. The zero-order valence-corrected chi connectivity index (χ0v) is 13.8. The molecule has 6 heteroatoms. The first-order valence-corrected chi connectivity index (χ1v) is 7.70. The Morgan fingerprint density at radius 3 is 2.91 bits per heavy atom. The van der Waals surface area contributed by atoms with Gasteiger partial charge in [-0.3, -0.25) is 9.48 Å². The van der Waals surface area contributed by atoms with E-state index in [0.717, 1.165) is 17.5 Å². The van der Waals surface area contributed by atoms with Crippen molar-refractivity contribution in [3.05, 3.63) is 35.7 Å². The van der Waals surface area contributed by atoms with Crippen molar-refractivity contribution in [2.75, 3.05) is 0 Å². The van der Waals surface area contributed by atoms with E-state index in [4.69, 9.17) is 4.42 Å². The molecule has 0 bridgehead atoms. The monoisotopic (exact) mass is 312 g/mol. The van der Waals surface area contributed by atoms with E-state index in [0.29, 0.717) is 22.7 Å². The number of amides is 1. The topological polar surface area (TPSA) is 73.0 Å². The number of nitrogens with zero attached hydrogens (tertiary/aromatic N) is 3. The van der Waals surface area contributed by atoms with Crippen molar-refractivity contribution in [2.45, 2.75) is 33.2 Å². The summed E-state index contributed by atoms with van der Waals surface area (Å²) < 4.78 is 7.12. The van der Waals surface area contributed by atoms with Crippen molar-refractivity contribution in [1.82, 2.24) is 20.1 Å². The zero-order valence-electron chi connectivity index (χ0n) is 13.8. The Kier molecular flexibility index (Phi) is 3.90. The van der Waals surface area contributed by atoms with Crippen molar-refractivity contribution in [3.63, 3.8) is 0 Å². The maximum absolute atomic E-state index is 12.7. The number of carbonyl (C=O) groups excluding carboxylic acids is 1. The van der Waals surface area contributed by atoms with Crippen molar-refractivity contribution in [3.8, 4) is 11.5 Å². The highest BCUT2D eigenvalue weighted by molar-refractivity contribution is 6.07. The number of furan rings is 1. The Labute approximate surface area is 134 Å². The molecule has 6 nitrogen and oxygen atoms in total. The normalized spacial score (nSPS) is 12.5. The molecular formula is C17H20N4O2. The van der Waals surface area contributed by atoms with Gasteiger partial charge in [-0.25, -0.2) is 4.98 Å². The lowest BCUT2D eigenvalue weighted by molar-refractivity contribution is 0.0941. The number of hydrogen-bond donors (Lipinski definition) is 1. The number of hydrogen-bond acceptors (Lipinski definition) is 4. The molecule has 23 heavy (non-hydrogen) atoms. The first kappa shape index (κ1) is 15.3. The zero-order chi connectivity index (χ0) is 16.6. The van der Waals surface area contributed by atoms with Crippen LogP contribution < -0.4 is 5.32 Å². The summed E-state index contributed by atoms with van der Waals surface area (Å²) in [6.45, 7) is 5.91. The third-order valence-corrected chi connectivity index (χ3v) is 3.98. The molecule has 3 aromatic rings. The fourth-order valence-corrected chi connectivity index (χ4v) is 2.58. The quantitative estimate of drug-likeness (QED) is 0.803. The average molecular weight is 312 g/mol. The molecule has 120 valence electrons. The summed E-state index contributed by atoms with van der Waals surface area (Å²) in [5.74, 6) is 0.513. The van der Waals surface area contributed by atoms with E-state index in [2.05, 4.69) is 15.4 Å². The molecule has 0 aromatic carbocycles. The number of aromatic nitrogens is 3. The van der Waals surface area contributed by atoms with Gasteiger partial charge in [0.25, 0.3) is 5.91 Å². The Morgan fingerprint density at radius 1 is 1.48 bits per heavy atom.